The molecule has 1 saturated heterocycles. The monoisotopic (exact) mass is 453 g/mol. The molecule has 2 aliphatic rings. The summed E-state index contributed by atoms with van der Waals surface area (Å²) in [6.45, 7) is 3.75. The van der Waals surface area contributed by atoms with E-state index in [4.69, 9.17) is 5.26 Å². The van der Waals surface area contributed by atoms with Crippen molar-refractivity contribution in [2.75, 3.05) is 43.4 Å². The fourth-order valence-corrected chi connectivity index (χ4v) is 4.99. The van der Waals surface area contributed by atoms with Crippen LogP contribution in [0.25, 0.3) is 0 Å². The maximum absolute atomic E-state index is 13.5. The van der Waals surface area contributed by atoms with Crippen molar-refractivity contribution in [3.63, 3.8) is 0 Å². The molecule has 6 nitrogen and oxygen atoms in total. The summed E-state index contributed by atoms with van der Waals surface area (Å²) in [4.78, 5) is 16.6. The Morgan fingerprint density at radius 3 is 2.45 bits per heavy atom. The van der Waals surface area contributed by atoms with Gasteiger partial charge in [0.2, 0.25) is 0 Å². The number of nitriles is 1. The van der Waals surface area contributed by atoms with Crippen molar-refractivity contribution in [2.24, 2.45) is 11.8 Å². The molecule has 4 rings (SSSR count). The summed E-state index contributed by atoms with van der Waals surface area (Å²) in [5.41, 5.74) is 1.99. The minimum Gasteiger partial charge on any atom is -0.385 e. The lowest BCUT2D eigenvalue weighted by Crippen LogP contribution is -2.55. The van der Waals surface area contributed by atoms with Crippen LogP contribution in [0.4, 0.5) is 25.0 Å². The minimum absolute atomic E-state index is 0.110. The number of nitrogens with one attached hydrogen (secondary N) is 2. The average Bonchev–Trinajstić information content (AvgIpc) is 3.05. The summed E-state index contributed by atoms with van der Waals surface area (Å²) in [7, 11) is 1.57. The fraction of sp³-hybridized carbons (Fsp3) is 0.440. The quantitative estimate of drug-likeness (QED) is 0.617. The van der Waals surface area contributed by atoms with E-state index in [0.717, 1.165) is 63.3 Å². The molecule has 2 unspecified atom stereocenters. The van der Waals surface area contributed by atoms with Crippen molar-refractivity contribution in [1.82, 2.24) is 10.2 Å². The molecule has 174 valence electrons. The van der Waals surface area contributed by atoms with Crippen LogP contribution in [0.3, 0.4) is 0 Å². The first-order chi connectivity index (χ1) is 15.9. The lowest BCUT2D eigenvalue weighted by Gasteiger charge is -2.39. The number of likely N-dealkylation sites (tertiary alicyclic amines) is 1. The van der Waals surface area contributed by atoms with Gasteiger partial charge >= 0.3 is 6.03 Å². The number of carbonyl (C=O) groups is 1. The minimum atomic E-state index is -0.964. The van der Waals surface area contributed by atoms with Crippen molar-refractivity contribution in [3.05, 3.63) is 59.7 Å². The summed E-state index contributed by atoms with van der Waals surface area (Å²) in [6.07, 6.45) is 3.18. The van der Waals surface area contributed by atoms with E-state index in [1.165, 1.54) is 11.0 Å². The van der Waals surface area contributed by atoms with Crippen LogP contribution in [0.5, 0.6) is 0 Å². The summed E-state index contributed by atoms with van der Waals surface area (Å²) in [6, 6.07) is 12.9. The van der Waals surface area contributed by atoms with Gasteiger partial charge in [-0.2, -0.15) is 5.26 Å². The van der Waals surface area contributed by atoms with E-state index in [-0.39, 0.29) is 12.1 Å². The highest BCUT2D eigenvalue weighted by Crippen LogP contribution is 2.37. The Hall–Kier alpha value is -3.18. The van der Waals surface area contributed by atoms with Crippen LogP contribution < -0.4 is 15.5 Å². The van der Waals surface area contributed by atoms with Gasteiger partial charge in [0, 0.05) is 50.2 Å². The van der Waals surface area contributed by atoms with Gasteiger partial charge < -0.3 is 15.5 Å². The summed E-state index contributed by atoms with van der Waals surface area (Å²) in [5.74, 6) is -1.09. The van der Waals surface area contributed by atoms with E-state index in [1.807, 2.05) is 24.3 Å². The Morgan fingerprint density at radius 2 is 1.82 bits per heavy atom. The largest absolute Gasteiger partial charge is 0.385 e. The maximum Gasteiger partial charge on any atom is 0.321 e. The van der Waals surface area contributed by atoms with Gasteiger partial charge in [0.25, 0.3) is 0 Å². The van der Waals surface area contributed by atoms with Crippen LogP contribution in [0.15, 0.2) is 42.5 Å². The zero-order valence-electron chi connectivity index (χ0n) is 18.7. The number of hydrogen-bond acceptors (Lipinski definition) is 4. The summed E-state index contributed by atoms with van der Waals surface area (Å²) < 4.78 is 26.7. The number of rotatable bonds is 7. The first kappa shape index (κ1) is 23.0. The van der Waals surface area contributed by atoms with Crippen molar-refractivity contribution in [3.8, 4) is 6.07 Å². The van der Waals surface area contributed by atoms with E-state index in [2.05, 4.69) is 21.6 Å². The van der Waals surface area contributed by atoms with E-state index >= 15 is 0 Å². The molecule has 2 amide bonds. The number of halogens is 2. The molecule has 2 aromatic rings. The molecule has 33 heavy (non-hydrogen) atoms. The predicted octanol–water partition coefficient (Wildman–Crippen LogP) is 4.19. The molecule has 1 aliphatic heterocycles. The Labute approximate surface area is 193 Å². The lowest BCUT2D eigenvalue weighted by molar-refractivity contribution is 0.132. The van der Waals surface area contributed by atoms with Crippen molar-refractivity contribution >= 4 is 17.4 Å². The number of amides is 2. The lowest BCUT2D eigenvalue weighted by atomic mass is 9.92. The van der Waals surface area contributed by atoms with Crippen LogP contribution in [0.1, 0.15) is 24.8 Å². The van der Waals surface area contributed by atoms with Crippen LogP contribution in [0, 0.1) is 34.8 Å². The first-order valence-corrected chi connectivity index (χ1v) is 11.4. The molecule has 0 radical (unpaired) electrons. The van der Waals surface area contributed by atoms with Crippen LogP contribution in [0.2, 0.25) is 0 Å². The third kappa shape index (κ3) is 5.42. The highest BCUT2D eigenvalue weighted by atomic mass is 19.2. The molecule has 0 spiro atoms. The first-order valence-electron chi connectivity index (χ1n) is 11.4. The summed E-state index contributed by atoms with van der Waals surface area (Å²) >= 11 is 0. The van der Waals surface area contributed by atoms with Gasteiger partial charge in [-0.3, -0.25) is 4.90 Å². The maximum atomic E-state index is 13.5. The predicted molar refractivity (Wildman–Crippen MR) is 124 cm³/mol. The van der Waals surface area contributed by atoms with Gasteiger partial charge in [0.15, 0.2) is 11.6 Å². The van der Waals surface area contributed by atoms with E-state index in [1.54, 1.807) is 7.05 Å². The molecule has 2 fully saturated rings. The van der Waals surface area contributed by atoms with Crippen molar-refractivity contribution < 1.29 is 13.6 Å². The number of hydrogen-bond donors (Lipinski definition) is 2. The van der Waals surface area contributed by atoms with Crippen molar-refractivity contribution in [2.45, 2.75) is 25.3 Å². The highest BCUT2D eigenvalue weighted by molar-refractivity contribution is 5.91. The van der Waals surface area contributed by atoms with Crippen molar-refractivity contribution in [1.29, 1.82) is 5.26 Å². The topological polar surface area (TPSA) is 71.4 Å². The van der Waals surface area contributed by atoms with Crippen LogP contribution in [-0.4, -0.2) is 50.2 Å². The van der Waals surface area contributed by atoms with E-state index in [9.17, 15) is 13.6 Å². The molecule has 2 bridgehead atoms. The zero-order valence-corrected chi connectivity index (χ0v) is 18.7. The molecule has 1 aliphatic carbocycles. The Bertz CT molecular complexity index is 1010. The SMILES string of the molecule is CN(C(=O)NC1C2CCC1CN(CCCNc1ccc(C#N)cc1)C2)c1ccc(F)c(F)c1. The number of urea groups is 1. The third-order valence-electron chi connectivity index (χ3n) is 6.79. The van der Waals surface area contributed by atoms with Crippen LogP contribution in [-0.2, 0) is 0 Å². The Morgan fingerprint density at radius 1 is 1.12 bits per heavy atom. The normalized spacial score (nSPS) is 21.9. The Kier molecular flexibility index (Phi) is 7.09. The molecule has 8 heteroatoms. The second-order valence-corrected chi connectivity index (χ2v) is 8.96. The molecule has 2 N–H and O–H groups in total. The van der Waals surface area contributed by atoms with Gasteiger partial charge in [-0.15, -0.1) is 0 Å². The number of nitrogens with zero attached hydrogens (tertiary/aromatic N) is 3. The molecule has 0 aromatic heterocycles. The van der Waals surface area contributed by atoms with Gasteiger partial charge in [-0.1, -0.05) is 0 Å². The molecular weight excluding hydrogens is 424 g/mol. The molecule has 1 saturated carbocycles. The van der Waals surface area contributed by atoms with Gasteiger partial charge in [0.1, 0.15) is 0 Å². The molecule has 1 heterocycles. The number of carbonyl (C=O) groups excluding carboxylic acids is 1. The zero-order chi connectivity index (χ0) is 23.4. The number of fused-ring (bicyclic) bond motifs is 2. The van der Waals surface area contributed by atoms with E-state index < -0.39 is 11.6 Å². The number of piperidine rings is 1. The number of benzene rings is 2. The highest BCUT2D eigenvalue weighted by Gasteiger charge is 2.42. The standard InChI is InChI=1S/C25H29F2N5O/c1-31(21-9-10-22(26)23(27)13-21)25(33)30-24-18-5-6-19(24)16-32(15-18)12-2-11-29-20-7-3-17(14-28)4-8-20/h3-4,7-10,13,18-19,24,29H,2,5-6,11-12,15-16H2,1H3,(H,30,33). The second kappa shape index (κ2) is 10.2. The van der Waals surface area contributed by atoms with Gasteiger partial charge in [-0.05, 0) is 74.0 Å². The number of anilines is 2. The molecular formula is C25H29F2N5O. The van der Waals surface area contributed by atoms with E-state index in [0.29, 0.717) is 23.1 Å². The molecule has 2 atom stereocenters. The van der Waals surface area contributed by atoms with Gasteiger partial charge in [0.05, 0.1) is 11.6 Å². The average molecular weight is 454 g/mol. The third-order valence-corrected chi connectivity index (χ3v) is 6.79. The summed E-state index contributed by atoms with van der Waals surface area (Å²) in [5, 5.41) is 15.4. The second-order valence-electron chi connectivity index (χ2n) is 8.96. The van der Waals surface area contributed by atoms with Gasteiger partial charge in [-0.25, -0.2) is 13.6 Å². The smallest absolute Gasteiger partial charge is 0.321 e. The van der Waals surface area contributed by atoms with Crippen LogP contribution >= 0.6 is 0 Å². The molecule has 2 aromatic carbocycles. The Balaban J connectivity index is 1.23. The fourth-order valence-electron chi connectivity index (χ4n) is 4.99.